The molecule has 0 atom stereocenters. The van der Waals surface area contributed by atoms with Gasteiger partial charge in [-0.2, -0.15) is 4.98 Å². The van der Waals surface area contributed by atoms with Crippen molar-refractivity contribution < 1.29 is 9.84 Å². The van der Waals surface area contributed by atoms with E-state index in [2.05, 4.69) is 15.3 Å². The Morgan fingerprint density at radius 3 is 2.83 bits per heavy atom. The number of hydrogen-bond donors (Lipinski definition) is 2. The fourth-order valence-electron chi connectivity index (χ4n) is 2.42. The van der Waals surface area contributed by atoms with E-state index in [1.54, 1.807) is 12.3 Å². The largest absolute Gasteiger partial charge is 0.478 e. The van der Waals surface area contributed by atoms with Gasteiger partial charge in [0.15, 0.2) is 0 Å². The molecule has 0 aliphatic heterocycles. The number of aromatic nitrogens is 2. The molecule has 1 aromatic rings. The molecule has 18 heavy (non-hydrogen) atoms. The van der Waals surface area contributed by atoms with Crippen molar-refractivity contribution in [1.29, 1.82) is 0 Å². The van der Waals surface area contributed by atoms with Crippen LogP contribution in [0.15, 0.2) is 12.3 Å². The van der Waals surface area contributed by atoms with Gasteiger partial charge in [0.2, 0.25) is 11.8 Å². The predicted molar refractivity (Wildman–Crippen MR) is 69.7 cm³/mol. The molecule has 1 aromatic heterocycles. The number of nitrogens with one attached hydrogen (secondary N) is 1. The van der Waals surface area contributed by atoms with Gasteiger partial charge in [-0.05, 0) is 19.8 Å². The molecule has 1 aliphatic rings. The highest BCUT2D eigenvalue weighted by Gasteiger charge is 2.31. The number of anilines is 1. The second kappa shape index (κ2) is 6.00. The molecule has 100 valence electrons. The zero-order chi connectivity index (χ0) is 12.8. The molecule has 2 rings (SSSR count). The molecule has 5 nitrogen and oxygen atoms in total. The Morgan fingerprint density at radius 1 is 1.39 bits per heavy atom. The van der Waals surface area contributed by atoms with Crippen molar-refractivity contribution in [2.24, 2.45) is 0 Å². The molecular weight excluding hydrogens is 230 g/mol. The van der Waals surface area contributed by atoms with Crippen LogP contribution >= 0.6 is 0 Å². The van der Waals surface area contributed by atoms with Crippen LogP contribution in [0.5, 0.6) is 5.88 Å². The van der Waals surface area contributed by atoms with Crippen molar-refractivity contribution >= 4 is 5.95 Å². The Kier molecular flexibility index (Phi) is 4.36. The van der Waals surface area contributed by atoms with E-state index in [0.717, 1.165) is 25.7 Å². The number of aliphatic hydroxyl groups excluding tert-OH is 1. The highest BCUT2D eigenvalue weighted by atomic mass is 16.5. The molecule has 5 heteroatoms. The van der Waals surface area contributed by atoms with E-state index >= 15 is 0 Å². The second-order valence-corrected chi connectivity index (χ2v) is 4.78. The number of aliphatic hydroxyl groups is 1. The lowest BCUT2D eigenvalue weighted by molar-refractivity contribution is 0.172. The first-order chi connectivity index (χ1) is 8.78. The van der Waals surface area contributed by atoms with E-state index in [9.17, 15) is 5.11 Å². The summed E-state index contributed by atoms with van der Waals surface area (Å²) in [5, 5.41) is 12.9. The minimum atomic E-state index is -0.261. The highest BCUT2D eigenvalue weighted by molar-refractivity contribution is 5.32. The van der Waals surface area contributed by atoms with Crippen LogP contribution in [-0.2, 0) is 0 Å². The number of rotatable bonds is 5. The first-order valence-electron chi connectivity index (χ1n) is 6.63. The number of hydrogen-bond acceptors (Lipinski definition) is 5. The van der Waals surface area contributed by atoms with Gasteiger partial charge in [-0.3, -0.25) is 0 Å². The van der Waals surface area contributed by atoms with Crippen LogP contribution in [0.3, 0.4) is 0 Å². The molecule has 0 bridgehead atoms. The summed E-state index contributed by atoms with van der Waals surface area (Å²) < 4.78 is 5.35. The number of nitrogens with zero attached hydrogens (tertiary/aromatic N) is 2. The van der Waals surface area contributed by atoms with E-state index in [4.69, 9.17) is 4.74 Å². The highest BCUT2D eigenvalue weighted by Crippen LogP contribution is 2.30. The number of ether oxygens (including phenoxy) is 1. The maximum atomic E-state index is 9.63. The Morgan fingerprint density at radius 2 is 2.17 bits per heavy atom. The van der Waals surface area contributed by atoms with Crippen molar-refractivity contribution in [3.63, 3.8) is 0 Å². The van der Waals surface area contributed by atoms with Gasteiger partial charge in [0.1, 0.15) is 0 Å². The van der Waals surface area contributed by atoms with Crippen molar-refractivity contribution in [3.8, 4) is 5.88 Å². The van der Waals surface area contributed by atoms with E-state index in [1.165, 1.54) is 6.42 Å². The minimum Gasteiger partial charge on any atom is -0.478 e. The van der Waals surface area contributed by atoms with Gasteiger partial charge in [-0.15, -0.1) is 0 Å². The third kappa shape index (κ3) is 3.10. The standard InChI is InChI=1S/C13H21N3O2/c1-2-18-11-6-9-14-12(15-11)16-13(10-17)7-4-3-5-8-13/h6,9,17H,2-5,7-8,10H2,1H3,(H,14,15,16). The zero-order valence-corrected chi connectivity index (χ0v) is 10.9. The normalized spacial score (nSPS) is 18.3. The SMILES string of the molecule is CCOc1ccnc(NC2(CO)CCCCC2)n1. The predicted octanol–water partition coefficient (Wildman–Crippen LogP) is 1.98. The van der Waals surface area contributed by atoms with E-state index in [-0.39, 0.29) is 12.1 Å². The summed E-state index contributed by atoms with van der Waals surface area (Å²) >= 11 is 0. The van der Waals surface area contributed by atoms with Crippen molar-refractivity contribution in [2.75, 3.05) is 18.5 Å². The van der Waals surface area contributed by atoms with Crippen molar-refractivity contribution in [3.05, 3.63) is 12.3 Å². The molecule has 1 fully saturated rings. The molecule has 0 unspecified atom stereocenters. The van der Waals surface area contributed by atoms with Gasteiger partial charge < -0.3 is 15.2 Å². The van der Waals surface area contributed by atoms with Crippen LogP contribution in [0, 0.1) is 0 Å². The van der Waals surface area contributed by atoms with Gasteiger partial charge in [-0.25, -0.2) is 4.98 Å². The average molecular weight is 251 g/mol. The molecular formula is C13H21N3O2. The molecule has 0 aromatic carbocycles. The van der Waals surface area contributed by atoms with Crippen LogP contribution in [0.25, 0.3) is 0 Å². The lowest BCUT2D eigenvalue weighted by atomic mass is 9.82. The molecule has 2 N–H and O–H groups in total. The van der Waals surface area contributed by atoms with Crippen LogP contribution < -0.4 is 10.1 Å². The summed E-state index contributed by atoms with van der Waals surface area (Å²) in [7, 11) is 0. The molecule has 0 saturated heterocycles. The van der Waals surface area contributed by atoms with Crippen LogP contribution in [0.4, 0.5) is 5.95 Å². The fraction of sp³-hybridized carbons (Fsp3) is 0.692. The van der Waals surface area contributed by atoms with Gasteiger partial charge >= 0.3 is 0 Å². The third-order valence-electron chi connectivity index (χ3n) is 3.41. The lowest BCUT2D eigenvalue weighted by Gasteiger charge is -2.36. The van der Waals surface area contributed by atoms with Crippen molar-refractivity contribution in [2.45, 2.75) is 44.6 Å². The van der Waals surface area contributed by atoms with Gasteiger partial charge in [-0.1, -0.05) is 19.3 Å². The maximum Gasteiger partial charge on any atom is 0.226 e. The Balaban J connectivity index is 2.08. The summed E-state index contributed by atoms with van der Waals surface area (Å²) in [6.45, 7) is 2.63. The van der Waals surface area contributed by atoms with Crippen LogP contribution in [0.2, 0.25) is 0 Å². The summed E-state index contributed by atoms with van der Waals surface area (Å²) in [6.07, 6.45) is 7.12. The maximum absolute atomic E-state index is 9.63. The second-order valence-electron chi connectivity index (χ2n) is 4.78. The quantitative estimate of drug-likeness (QED) is 0.837. The first kappa shape index (κ1) is 13.1. The van der Waals surface area contributed by atoms with E-state index in [0.29, 0.717) is 18.4 Å². The summed E-state index contributed by atoms with van der Waals surface area (Å²) in [6, 6.07) is 1.74. The van der Waals surface area contributed by atoms with Crippen molar-refractivity contribution in [1.82, 2.24) is 9.97 Å². The Bertz CT molecular complexity index is 378. The Labute approximate surface area is 108 Å². The average Bonchev–Trinajstić information content (AvgIpc) is 2.41. The van der Waals surface area contributed by atoms with Gasteiger partial charge in [0.05, 0.1) is 18.8 Å². The summed E-state index contributed by atoms with van der Waals surface area (Å²) in [4.78, 5) is 8.49. The Hall–Kier alpha value is -1.36. The van der Waals surface area contributed by atoms with Crippen LogP contribution in [0.1, 0.15) is 39.0 Å². The third-order valence-corrected chi connectivity index (χ3v) is 3.41. The topological polar surface area (TPSA) is 67.3 Å². The molecule has 0 spiro atoms. The van der Waals surface area contributed by atoms with Gasteiger partial charge in [0.25, 0.3) is 0 Å². The zero-order valence-electron chi connectivity index (χ0n) is 10.9. The monoisotopic (exact) mass is 251 g/mol. The smallest absolute Gasteiger partial charge is 0.226 e. The minimum absolute atomic E-state index is 0.120. The van der Waals surface area contributed by atoms with Gasteiger partial charge in [0, 0.05) is 12.3 Å². The molecule has 0 radical (unpaired) electrons. The lowest BCUT2D eigenvalue weighted by Crippen LogP contribution is -2.44. The molecule has 1 saturated carbocycles. The first-order valence-corrected chi connectivity index (χ1v) is 6.63. The fourth-order valence-corrected chi connectivity index (χ4v) is 2.42. The molecule has 1 heterocycles. The summed E-state index contributed by atoms with van der Waals surface area (Å²) in [5.41, 5.74) is -0.261. The van der Waals surface area contributed by atoms with Crippen LogP contribution in [-0.4, -0.2) is 33.8 Å². The molecule has 1 aliphatic carbocycles. The van der Waals surface area contributed by atoms with E-state index in [1.807, 2.05) is 6.92 Å². The van der Waals surface area contributed by atoms with E-state index < -0.39 is 0 Å². The molecule has 0 amide bonds. The summed E-state index contributed by atoms with van der Waals surface area (Å²) in [5.74, 6) is 1.11.